The van der Waals surface area contributed by atoms with Crippen LogP contribution in [0.5, 0.6) is 0 Å². The predicted octanol–water partition coefficient (Wildman–Crippen LogP) is 3.13. The first-order chi connectivity index (χ1) is 7.38. The van der Waals surface area contributed by atoms with E-state index in [1.54, 1.807) is 0 Å². The van der Waals surface area contributed by atoms with E-state index in [-0.39, 0.29) is 0 Å². The maximum atomic E-state index is 12.3. The molecule has 0 bridgehead atoms. The van der Waals surface area contributed by atoms with E-state index in [1.807, 2.05) is 11.8 Å². The fourth-order valence-corrected chi connectivity index (χ4v) is 4.73. The topological polar surface area (TPSA) is 17.1 Å². The van der Waals surface area contributed by atoms with Crippen LogP contribution in [0.3, 0.4) is 0 Å². The quantitative estimate of drug-likeness (QED) is 0.717. The molecule has 0 radical (unpaired) electrons. The molecule has 3 fully saturated rings. The van der Waals surface area contributed by atoms with Crippen molar-refractivity contribution in [3.05, 3.63) is 0 Å². The van der Waals surface area contributed by atoms with Crippen molar-refractivity contribution in [1.29, 1.82) is 0 Å². The summed E-state index contributed by atoms with van der Waals surface area (Å²) in [5.41, 5.74) is 0. The highest BCUT2D eigenvalue weighted by molar-refractivity contribution is 7.99. The Labute approximate surface area is 96.4 Å². The van der Waals surface area contributed by atoms with Crippen molar-refractivity contribution in [2.45, 2.75) is 38.5 Å². The van der Waals surface area contributed by atoms with Crippen LogP contribution in [0.25, 0.3) is 0 Å². The van der Waals surface area contributed by atoms with Crippen LogP contribution in [0.1, 0.15) is 38.5 Å². The van der Waals surface area contributed by atoms with E-state index in [0.29, 0.717) is 17.6 Å². The van der Waals surface area contributed by atoms with E-state index >= 15 is 0 Å². The summed E-state index contributed by atoms with van der Waals surface area (Å²) in [4.78, 5) is 12.3. The lowest BCUT2D eigenvalue weighted by Gasteiger charge is -2.13. The summed E-state index contributed by atoms with van der Waals surface area (Å²) in [6, 6.07) is 0. The summed E-state index contributed by atoms with van der Waals surface area (Å²) in [5, 5.41) is 0. The van der Waals surface area contributed by atoms with E-state index in [1.165, 1.54) is 50.0 Å². The third-order valence-corrected chi connectivity index (χ3v) is 5.69. The molecule has 3 aliphatic rings. The predicted molar refractivity (Wildman–Crippen MR) is 64.0 cm³/mol. The molecular weight excluding hydrogens is 204 g/mol. The molecule has 2 saturated carbocycles. The number of carbonyl (C=O) groups excluding carboxylic acids is 1. The molecule has 0 spiro atoms. The molecule has 0 amide bonds. The van der Waals surface area contributed by atoms with Gasteiger partial charge in [-0.1, -0.05) is 6.42 Å². The van der Waals surface area contributed by atoms with Crippen molar-refractivity contribution < 1.29 is 4.79 Å². The summed E-state index contributed by atoms with van der Waals surface area (Å²) in [5.74, 6) is 5.77. The van der Waals surface area contributed by atoms with Gasteiger partial charge in [0.25, 0.3) is 0 Å². The average molecular weight is 224 g/mol. The molecule has 2 aliphatic carbocycles. The second-order valence-electron chi connectivity index (χ2n) is 5.43. The van der Waals surface area contributed by atoms with Gasteiger partial charge in [0.05, 0.1) is 0 Å². The number of thioether (sulfide) groups is 1. The first kappa shape index (κ1) is 10.2. The summed E-state index contributed by atoms with van der Waals surface area (Å²) < 4.78 is 0. The lowest BCUT2D eigenvalue weighted by atomic mass is 9.90. The molecule has 3 rings (SSSR count). The molecule has 0 aromatic rings. The molecule has 1 aliphatic heterocycles. The molecule has 1 heterocycles. The maximum Gasteiger partial charge on any atom is 0.139 e. The van der Waals surface area contributed by atoms with Crippen molar-refractivity contribution in [1.82, 2.24) is 0 Å². The van der Waals surface area contributed by atoms with Gasteiger partial charge in [0.2, 0.25) is 0 Å². The van der Waals surface area contributed by atoms with Crippen LogP contribution in [0, 0.1) is 23.7 Å². The Kier molecular flexibility index (Phi) is 2.80. The van der Waals surface area contributed by atoms with Crippen LogP contribution in [-0.2, 0) is 4.79 Å². The molecule has 84 valence electrons. The van der Waals surface area contributed by atoms with E-state index < -0.39 is 0 Å². The molecule has 1 nitrogen and oxygen atoms in total. The molecule has 3 unspecified atom stereocenters. The second kappa shape index (κ2) is 4.12. The van der Waals surface area contributed by atoms with Crippen molar-refractivity contribution >= 4 is 17.5 Å². The molecule has 3 atom stereocenters. The zero-order chi connectivity index (χ0) is 10.3. The van der Waals surface area contributed by atoms with Crippen LogP contribution in [-0.4, -0.2) is 17.3 Å². The van der Waals surface area contributed by atoms with Crippen molar-refractivity contribution in [3.8, 4) is 0 Å². The summed E-state index contributed by atoms with van der Waals surface area (Å²) in [6.07, 6.45) is 7.70. The Bertz CT molecular complexity index is 245. The first-order valence-electron chi connectivity index (χ1n) is 6.49. The Morgan fingerprint density at radius 3 is 2.53 bits per heavy atom. The minimum absolute atomic E-state index is 0.440. The van der Waals surface area contributed by atoms with E-state index in [2.05, 4.69) is 0 Å². The van der Waals surface area contributed by atoms with Crippen LogP contribution < -0.4 is 0 Å². The van der Waals surface area contributed by atoms with Crippen LogP contribution in [0.2, 0.25) is 0 Å². The number of Topliss-reactive ketones (excluding diaryl/α,β-unsaturated/α-hetero) is 1. The van der Waals surface area contributed by atoms with E-state index in [9.17, 15) is 4.79 Å². The Morgan fingerprint density at radius 2 is 1.73 bits per heavy atom. The monoisotopic (exact) mass is 224 g/mol. The van der Waals surface area contributed by atoms with Gasteiger partial charge in [0.15, 0.2) is 0 Å². The van der Waals surface area contributed by atoms with Gasteiger partial charge in [-0.15, -0.1) is 0 Å². The lowest BCUT2D eigenvalue weighted by molar-refractivity contribution is -0.125. The third-order valence-electron chi connectivity index (χ3n) is 4.59. The third kappa shape index (κ3) is 1.86. The number of hydrogen-bond acceptors (Lipinski definition) is 2. The number of carbonyl (C=O) groups is 1. The zero-order valence-corrected chi connectivity index (χ0v) is 10.1. The SMILES string of the molecule is O=C(C1CCCSCC1)C1C2CCCC21. The fraction of sp³-hybridized carbons (Fsp3) is 0.923. The minimum atomic E-state index is 0.440. The van der Waals surface area contributed by atoms with E-state index in [4.69, 9.17) is 0 Å². The van der Waals surface area contributed by atoms with Gasteiger partial charge in [-0.25, -0.2) is 0 Å². The first-order valence-corrected chi connectivity index (χ1v) is 7.65. The Hall–Kier alpha value is 0.0200. The van der Waals surface area contributed by atoms with Gasteiger partial charge in [0, 0.05) is 11.8 Å². The number of rotatable bonds is 2. The van der Waals surface area contributed by atoms with Gasteiger partial charge < -0.3 is 0 Å². The van der Waals surface area contributed by atoms with Gasteiger partial charge >= 0.3 is 0 Å². The highest BCUT2D eigenvalue weighted by Crippen LogP contribution is 2.58. The minimum Gasteiger partial charge on any atom is -0.299 e. The Balaban J connectivity index is 1.59. The molecule has 0 aromatic heterocycles. The molecule has 2 heteroatoms. The molecule has 1 saturated heterocycles. The molecular formula is C13H20OS. The largest absolute Gasteiger partial charge is 0.299 e. The van der Waals surface area contributed by atoms with Gasteiger partial charge in [0.1, 0.15) is 5.78 Å². The average Bonchev–Trinajstić information content (AvgIpc) is 2.87. The lowest BCUT2D eigenvalue weighted by Crippen LogP contribution is -2.18. The van der Waals surface area contributed by atoms with Gasteiger partial charge in [-0.3, -0.25) is 4.79 Å². The van der Waals surface area contributed by atoms with Crippen LogP contribution in [0.4, 0.5) is 0 Å². The normalized spacial score (nSPS) is 44.5. The van der Waals surface area contributed by atoms with E-state index in [0.717, 1.165) is 11.8 Å². The van der Waals surface area contributed by atoms with Gasteiger partial charge in [-0.05, 0) is 55.4 Å². The summed E-state index contributed by atoms with van der Waals surface area (Å²) >= 11 is 2.04. The number of hydrogen-bond donors (Lipinski definition) is 0. The standard InChI is InChI=1S/C13H20OS/c14-13(9-3-2-7-15-8-6-9)12-10-4-1-5-11(10)12/h9-12H,1-8H2. The van der Waals surface area contributed by atoms with Crippen molar-refractivity contribution in [2.75, 3.05) is 11.5 Å². The highest BCUT2D eigenvalue weighted by atomic mass is 32.2. The zero-order valence-electron chi connectivity index (χ0n) is 9.28. The molecule has 0 aromatic carbocycles. The number of ketones is 1. The maximum absolute atomic E-state index is 12.3. The molecule has 0 N–H and O–H groups in total. The number of fused-ring (bicyclic) bond motifs is 1. The summed E-state index contributed by atoms with van der Waals surface area (Å²) in [6.45, 7) is 0. The summed E-state index contributed by atoms with van der Waals surface area (Å²) in [7, 11) is 0. The van der Waals surface area contributed by atoms with Crippen LogP contribution in [0.15, 0.2) is 0 Å². The van der Waals surface area contributed by atoms with Crippen LogP contribution >= 0.6 is 11.8 Å². The van der Waals surface area contributed by atoms with Gasteiger partial charge in [-0.2, -0.15) is 11.8 Å². The van der Waals surface area contributed by atoms with Crippen molar-refractivity contribution in [2.24, 2.45) is 23.7 Å². The fourth-order valence-electron chi connectivity index (χ4n) is 3.70. The van der Waals surface area contributed by atoms with Crippen molar-refractivity contribution in [3.63, 3.8) is 0 Å². The Morgan fingerprint density at radius 1 is 0.933 bits per heavy atom. The molecule has 15 heavy (non-hydrogen) atoms. The smallest absolute Gasteiger partial charge is 0.139 e. The highest BCUT2D eigenvalue weighted by Gasteiger charge is 2.56. The second-order valence-corrected chi connectivity index (χ2v) is 6.65.